The molecule has 194 valence electrons. The van der Waals surface area contributed by atoms with E-state index in [0.29, 0.717) is 49.0 Å². The SMILES string of the molecule is CC(C)CCC1=C(O)C(CCC(C)C)(CCC(C)C)C(=O)C(C(=O)C(C)Cc2ccccc2)=C1O. The Morgan fingerprint density at radius 1 is 0.829 bits per heavy atom. The number of Topliss-reactive ketones (excluding diaryl/α,β-unsaturated/α-hetero) is 2. The number of ketones is 2. The summed E-state index contributed by atoms with van der Waals surface area (Å²) < 4.78 is 0. The summed E-state index contributed by atoms with van der Waals surface area (Å²) in [5, 5.41) is 22.9. The second kappa shape index (κ2) is 12.6. The van der Waals surface area contributed by atoms with Crippen LogP contribution >= 0.6 is 0 Å². The van der Waals surface area contributed by atoms with E-state index in [2.05, 4.69) is 41.5 Å². The number of rotatable bonds is 13. The Morgan fingerprint density at radius 2 is 1.34 bits per heavy atom. The molecule has 0 saturated heterocycles. The minimum absolute atomic E-state index is 0.00536. The van der Waals surface area contributed by atoms with Gasteiger partial charge in [0.2, 0.25) is 0 Å². The van der Waals surface area contributed by atoms with Crippen LogP contribution in [0.25, 0.3) is 0 Å². The van der Waals surface area contributed by atoms with E-state index in [-0.39, 0.29) is 22.9 Å². The van der Waals surface area contributed by atoms with Crippen LogP contribution in [0.1, 0.15) is 92.6 Å². The second-order valence-corrected chi connectivity index (χ2v) is 11.7. The zero-order chi connectivity index (χ0) is 26.3. The Kier molecular flexibility index (Phi) is 10.4. The van der Waals surface area contributed by atoms with Crippen LogP contribution < -0.4 is 0 Å². The maximum atomic E-state index is 14.1. The Labute approximate surface area is 212 Å². The van der Waals surface area contributed by atoms with Crippen molar-refractivity contribution in [2.75, 3.05) is 0 Å². The van der Waals surface area contributed by atoms with Crippen LogP contribution in [0.3, 0.4) is 0 Å². The molecule has 0 heterocycles. The minimum Gasteiger partial charge on any atom is -0.511 e. The number of carbonyl (C=O) groups excluding carboxylic acids is 2. The third-order valence-corrected chi connectivity index (χ3v) is 7.27. The Morgan fingerprint density at radius 3 is 1.83 bits per heavy atom. The highest BCUT2D eigenvalue weighted by molar-refractivity contribution is 6.24. The van der Waals surface area contributed by atoms with Crippen molar-refractivity contribution in [3.63, 3.8) is 0 Å². The lowest BCUT2D eigenvalue weighted by Gasteiger charge is -2.38. The molecule has 0 bridgehead atoms. The molecular weight excluding hydrogens is 436 g/mol. The van der Waals surface area contributed by atoms with Gasteiger partial charge in [-0.3, -0.25) is 9.59 Å². The summed E-state index contributed by atoms with van der Waals surface area (Å²) in [6, 6.07) is 9.74. The summed E-state index contributed by atoms with van der Waals surface area (Å²) in [6.07, 6.45) is 4.15. The minimum atomic E-state index is -1.15. The third kappa shape index (κ3) is 7.08. The smallest absolute Gasteiger partial charge is 0.183 e. The van der Waals surface area contributed by atoms with Gasteiger partial charge in [0.1, 0.15) is 17.1 Å². The van der Waals surface area contributed by atoms with E-state index >= 15 is 0 Å². The van der Waals surface area contributed by atoms with E-state index in [1.807, 2.05) is 37.3 Å². The molecule has 0 amide bonds. The van der Waals surface area contributed by atoms with Gasteiger partial charge in [0.05, 0.1) is 5.41 Å². The maximum absolute atomic E-state index is 14.1. The van der Waals surface area contributed by atoms with Crippen LogP contribution in [0, 0.1) is 29.1 Å². The van der Waals surface area contributed by atoms with E-state index in [0.717, 1.165) is 24.8 Å². The Balaban J connectivity index is 2.59. The quantitative estimate of drug-likeness (QED) is 0.280. The third-order valence-electron chi connectivity index (χ3n) is 7.27. The molecule has 1 aliphatic rings. The predicted molar refractivity (Wildman–Crippen MR) is 143 cm³/mol. The van der Waals surface area contributed by atoms with Crippen LogP contribution in [0.5, 0.6) is 0 Å². The molecule has 0 aromatic heterocycles. The Bertz CT molecular complexity index is 922. The first kappa shape index (κ1) is 28.9. The standard InChI is InChI=1S/C31H46O4/c1-20(2)13-14-25-28(33)26(27(32)23(7)19-24-11-9-8-10-12-24)30(35)31(29(25)34,17-15-21(3)4)18-16-22(5)6/h8-12,20-23,33-34H,13-19H2,1-7H3. The van der Waals surface area contributed by atoms with Gasteiger partial charge in [-0.05, 0) is 68.3 Å². The molecule has 1 atom stereocenters. The molecule has 0 spiro atoms. The van der Waals surface area contributed by atoms with Gasteiger partial charge >= 0.3 is 0 Å². The van der Waals surface area contributed by atoms with Crippen molar-refractivity contribution in [3.05, 3.63) is 58.6 Å². The zero-order valence-electron chi connectivity index (χ0n) is 22.9. The fraction of sp³-hybridized carbons (Fsp3) is 0.613. The summed E-state index contributed by atoms with van der Waals surface area (Å²) in [5.74, 6) is -0.438. The fourth-order valence-electron chi connectivity index (χ4n) is 4.87. The molecule has 1 unspecified atom stereocenters. The molecule has 1 aromatic carbocycles. The molecule has 4 heteroatoms. The second-order valence-electron chi connectivity index (χ2n) is 11.7. The van der Waals surface area contributed by atoms with E-state index < -0.39 is 17.1 Å². The van der Waals surface area contributed by atoms with Crippen LogP contribution in [-0.4, -0.2) is 21.8 Å². The van der Waals surface area contributed by atoms with Crippen molar-refractivity contribution in [2.24, 2.45) is 29.1 Å². The average molecular weight is 483 g/mol. The molecule has 35 heavy (non-hydrogen) atoms. The molecule has 1 aromatic rings. The lowest BCUT2D eigenvalue weighted by atomic mass is 9.64. The van der Waals surface area contributed by atoms with Crippen molar-refractivity contribution >= 4 is 11.6 Å². The molecule has 0 fully saturated rings. The van der Waals surface area contributed by atoms with Gasteiger partial charge in [-0.25, -0.2) is 0 Å². The molecule has 0 radical (unpaired) electrons. The highest BCUT2D eigenvalue weighted by Gasteiger charge is 2.51. The summed E-state index contributed by atoms with van der Waals surface area (Å²) in [4.78, 5) is 27.9. The van der Waals surface area contributed by atoms with Crippen molar-refractivity contribution in [1.82, 2.24) is 0 Å². The first-order valence-corrected chi connectivity index (χ1v) is 13.4. The lowest BCUT2D eigenvalue weighted by Crippen LogP contribution is -2.42. The molecule has 2 rings (SSSR count). The summed E-state index contributed by atoms with van der Waals surface area (Å²) >= 11 is 0. The normalized spacial score (nSPS) is 17.1. The molecule has 4 nitrogen and oxygen atoms in total. The van der Waals surface area contributed by atoms with Gasteiger partial charge in [0.25, 0.3) is 0 Å². The predicted octanol–water partition coefficient (Wildman–Crippen LogP) is 7.94. The monoisotopic (exact) mass is 482 g/mol. The largest absolute Gasteiger partial charge is 0.511 e. The van der Waals surface area contributed by atoms with E-state index in [1.54, 1.807) is 0 Å². The van der Waals surface area contributed by atoms with Crippen molar-refractivity contribution in [1.29, 1.82) is 0 Å². The number of aliphatic hydroxyl groups is 2. The number of hydrogen-bond acceptors (Lipinski definition) is 4. The highest BCUT2D eigenvalue weighted by atomic mass is 16.3. The van der Waals surface area contributed by atoms with Gasteiger partial charge in [0, 0.05) is 11.5 Å². The fourth-order valence-corrected chi connectivity index (χ4v) is 4.87. The van der Waals surface area contributed by atoms with Crippen molar-refractivity contribution in [2.45, 2.75) is 93.4 Å². The molecular formula is C31H46O4. The van der Waals surface area contributed by atoms with Gasteiger partial charge in [-0.2, -0.15) is 0 Å². The number of carbonyl (C=O) groups is 2. The van der Waals surface area contributed by atoms with Crippen LogP contribution in [0.15, 0.2) is 53.0 Å². The topological polar surface area (TPSA) is 74.6 Å². The van der Waals surface area contributed by atoms with Crippen molar-refractivity contribution < 1.29 is 19.8 Å². The van der Waals surface area contributed by atoms with E-state index in [9.17, 15) is 19.8 Å². The molecule has 2 N–H and O–H groups in total. The van der Waals surface area contributed by atoms with E-state index in [1.165, 1.54) is 0 Å². The number of aliphatic hydroxyl groups excluding tert-OH is 2. The van der Waals surface area contributed by atoms with Crippen molar-refractivity contribution in [3.8, 4) is 0 Å². The summed E-state index contributed by atoms with van der Waals surface area (Å²) in [6.45, 7) is 14.4. The average Bonchev–Trinajstić information content (AvgIpc) is 2.78. The van der Waals surface area contributed by atoms with Crippen LogP contribution in [0.4, 0.5) is 0 Å². The van der Waals surface area contributed by atoms with Crippen LogP contribution in [0.2, 0.25) is 0 Å². The van der Waals surface area contributed by atoms with Gasteiger partial charge in [-0.15, -0.1) is 0 Å². The first-order chi connectivity index (χ1) is 16.4. The summed E-state index contributed by atoms with van der Waals surface area (Å²) in [7, 11) is 0. The van der Waals surface area contributed by atoms with Gasteiger partial charge in [-0.1, -0.05) is 78.8 Å². The van der Waals surface area contributed by atoms with Gasteiger partial charge < -0.3 is 10.2 Å². The summed E-state index contributed by atoms with van der Waals surface area (Å²) in [5.41, 5.74) is 0.157. The first-order valence-electron chi connectivity index (χ1n) is 13.4. The maximum Gasteiger partial charge on any atom is 0.183 e. The molecule has 0 saturated carbocycles. The highest BCUT2D eigenvalue weighted by Crippen LogP contribution is 2.48. The molecule has 0 aliphatic heterocycles. The van der Waals surface area contributed by atoms with E-state index in [4.69, 9.17) is 0 Å². The number of allylic oxidation sites excluding steroid dienone is 3. The molecule has 1 aliphatic carbocycles. The number of benzene rings is 1. The van der Waals surface area contributed by atoms with Crippen LogP contribution in [-0.2, 0) is 16.0 Å². The van der Waals surface area contributed by atoms with Gasteiger partial charge in [0.15, 0.2) is 11.6 Å². The zero-order valence-corrected chi connectivity index (χ0v) is 22.9. The Hall–Kier alpha value is -2.36. The lowest BCUT2D eigenvalue weighted by molar-refractivity contribution is -0.130. The number of hydrogen-bond donors (Lipinski definition) is 2.